The van der Waals surface area contributed by atoms with Crippen molar-refractivity contribution in [2.75, 3.05) is 20.3 Å². The molecule has 0 saturated heterocycles. The zero-order chi connectivity index (χ0) is 10.2. The molecule has 1 unspecified atom stereocenters. The van der Waals surface area contributed by atoms with E-state index in [4.69, 9.17) is 4.74 Å². The van der Waals surface area contributed by atoms with Crippen LogP contribution in [0, 0.1) is 5.92 Å². The lowest BCUT2D eigenvalue weighted by Crippen LogP contribution is -2.27. The molecule has 1 aliphatic carbocycles. The minimum atomic E-state index is 0.727. The Morgan fingerprint density at radius 1 is 1.29 bits per heavy atom. The number of hydrogen-bond donors (Lipinski definition) is 1. The fourth-order valence-electron chi connectivity index (χ4n) is 1.83. The van der Waals surface area contributed by atoms with Crippen LogP contribution in [0.15, 0.2) is 0 Å². The lowest BCUT2D eigenvalue weighted by atomic mass is 10.1. The Balaban J connectivity index is 1.77. The van der Waals surface area contributed by atoms with Crippen molar-refractivity contribution >= 4 is 0 Å². The lowest BCUT2D eigenvalue weighted by Gasteiger charge is -2.12. The first-order chi connectivity index (χ1) is 6.83. The summed E-state index contributed by atoms with van der Waals surface area (Å²) in [6.45, 7) is 4.41. The van der Waals surface area contributed by atoms with Crippen LogP contribution in [0.1, 0.15) is 45.4 Å². The Bertz CT molecular complexity index is 134. The molecule has 1 fully saturated rings. The summed E-state index contributed by atoms with van der Waals surface area (Å²) in [7, 11) is 1.77. The average molecular weight is 199 g/mol. The van der Waals surface area contributed by atoms with E-state index in [2.05, 4.69) is 12.2 Å². The van der Waals surface area contributed by atoms with E-state index in [1.165, 1.54) is 45.1 Å². The molecule has 0 spiro atoms. The van der Waals surface area contributed by atoms with Crippen LogP contribution >= 0.6 is 0 Å². The Labute approximate surface area is 88.4 Å². The third kappa shape index (κ3) is 6.39. The van der Waals surface area contributed by atoms with Gasteiger partial charge in [0, 0.05) is 19.8 Å². The van der Waals surface area contributed by atoms with Gasteiger partial charge in [-0.05, 0) is 45.1 Å². The number of unbranched alkanes of at least 4 members (excludes halogenated alkanes) is 2. The normalized spacial score (nSPS) is 18.4. The molecule has 0 aromatic heterocycles. The number of rotatable bonds is 9. The standard InChI is InChI=1S/C12H25NO/c1-11(10-12-6-7-12)13-8-4-3-5-9-14-2/h11-13H,3-10H2,1-2H3. The number of ether oxygens (including phenoxy) is 1. The minimum absolute atomic E-state index is 0.727. The molecular weight excluding hydrogens is 174 g/mol. The molecule has 1 aliphatic rings. The van der Waals surface area contributed by atoms with Crippen LogP contribution in [-0.2, 0) is 4.74 Å². The van der Waals surface area contributed by atoms with Gasteiger partial charge in [0.2, 0.25) is 0 Å². The number of nitrogens with one attached hydrogen (secondary N) is 1. The highest BCUT2D eigenvalue weighted by Crippen LogP contribution is 2.33. The monoisotopic (exact) mass is 199 g/mol. The fourth-order valence-corrected chi connectivity index (χ4v) is 1.83. The Morgan fingerprint density at radius 2 is 2.07 bits per heavy atom. The summed E-state index contributed by atoms with van der Waals surface area (Å²) in [4.78, 5) is 0. The van der Waals surface area contributed by atoms with E-state index < -0.39 is 0 Å². The van der Waals surface area contributed by atoms with Crippen LogP contribution < -0.4 is 5.32 Å². The smallest absolute Gasteiger partial charge is 0.0462 e. The van der Waals surface area contributed by atoms with Gasteiger partial charge in [-0.1, -0.05) is 12.8 Å². The second-order valence-electron chi connectivity index (χ2n) is 4.59. The van der Waals surface area contributed by atoms with Crippen LogP contribution in [0.3, 0.4) is 0 Å². The third-order valence-electron chi connectivity index (χ3n) is 2.90. The predicted molar refractivity (Wildman–Crippen MR) is 60.5 cm³/mol. The summed E-state index contributed by atoms with van der Waals surface area (Å²) >= 11 is 0. The molecule has 0 aromatic rings. The Kier molecular flexibility index (Phi) is 6.20. The molecule has 0 aromatic carbocycles. The summed E-state index contributed by atoms with van der Waals surface area (Å²) < 4.78 is 5.01. The van der Waals surface area contributed by atoms with Crippen molar-refractivity contribution in [2.45, 2.75) is 51.5 Å². The zero-order valence-electron chi connectivity index (χ0n) is 9.72. The van der Waals surface area contributed by atoms with Gasteiger partial charge in [0.1, 0.15) is 0 Å². The molecule has 2 nitrogen and oxygen atoms in total. The van der Waals surface area contributed by atoms with Crippen molar-refractivity contribution in [3.63, 3.8) is 0 Å². The molecular formula is C12H25NO. The van der Waals surface area contributed by atoms with Crippen LogP contribution in [0.5, 0.6) is 0 Å². The van der Waals surface area contributed by atoms with Crippen molar-refractivity contribution in [1.29, 1.82) is 0 Å². The quantitative estimate of drug-likeness (QED) is 0.576. The minimum Gasteiger partial charge on any atom is -0.385 e. The molecule has 0 radical (unpaired) electrons. The van der Waals surface area contributed by atoms with Crippen LogP contribution in [0.4, 0.5) is 0 Å². The van der Waals surface area contributed by atoms with Crippen molar-refractivity contribution in [3.05, 3.63) is 0 Å². The summed E-state index contributed by atoms with van der Waals surface area (Å²) in [5.74, 6) is 1.05. The maximum absolute atomic E-state index is 5.01. The summed E-state index contributed by atoms with van der Waals surface area (Å²) in [6.07, 6.45) is 8.11. The van der Waals surface area contributed by atoms with Crippen LogP contribution in [0.25, 0.3) is 0 Å². The van der Waals surface area contributed by atoms with E-state index in [0.717, 1.165) is 18.6 Å². The van der Waals surface area contributed by atoms with E-state index in [0.29, 0.717) is 0 Å². The predicted octanol–water partition coefficient (Wildman–Crippen LogP) is 2.58. The molecule has 0 aliphatic heterocycles. The van der Waals surface area contributed by atoms with E-state index in [1.807, 2.05) is 0 Å². The molecule has 0 bridgehead atoms. The number of methoxy groups -OCH3 is 1. The molecule has 0 heterocycles. The average Bonchev–Trinajstić information content (AvgIpc) is 2.95. The molecule has 84 valence electrons. The second-order valence-corrected chi connectivity index (χ2v) is 4.59. The number of hydrogen-bond acceptors (Lipinski definition) is 2. The van der Waals surface area contributed by atoms with Gasteiger partial charge < -0.3 is 10.1 Å². The van der Waals surface area contributed by atoms with Gasteiger partial charge in [0.15, 0.2) is 0 Å². The first kappa shape index (κ1) is 12.0. The Morgan fingerprint density at radius 3 is 2.71 bits per heavy atom. The van der Waals surface area contributed by atoms with Gasteiger partial charge in [-0.3, -0.25) is 0 Å². The summed E-state index contributed by atoms with van der Waals surface area (Å²) in [6, 6.07) is 0.727. The van der Waals surface area contributed by atoms with E-state index in [9.17, 15) is 0 Å². The molecule has 1 N–H and O–H groups in total. The maximum Gasteiger partial charge on any atom is 0.0462 e. The van der Waals surface area contributed by atoms with Gasteiger partial charge in [0.05, 0.1) is 0 Å². The first-order valence-corrected chi connectivity index (χ1v) is 6.05. The molecule has 1 rings (SSSR count). The molecule has 14 heavy (non-hydrogen) atoms. The van der Waals surface area contributed by atoms with Gasteiger partial charge in [-0.25, -0.2) is 0 Å². The highest BCUT2D eigenvalue weighted by molar-refractivity contribution is 4.77. The highest BCUT2D eigenvalue weighted by atomic mass is 16.5. The molecule has 1 saturated carbocycles. The maximum atomic E-state index is 5.01. The van der Waals surface area contributed by atoms with Crippen LogP contribution in [0.2, 0.25) is 0 Å². The molecule has 0 amide bonds. The SMILES string of the molecule is COCCCCCNC(C)CC1CC1. The van der Waals surface area contributed by atoms with Gasteiger partial charge in [-0.2, -0.15) is 0 Å². The van der Waals surface area contributed by atoms with Gasteiger partial charge in [0.25, 0.3) is 0 Å². The Hall–Kier alpha value is -0.0800. The second kappa shape index (κ2) is 7.24. The van der Waals surface area contributed by atoms with Crippen molar-refractivity contribution in [3.8, 4) is 0 Å². The zero-order valence-corrected chi connectivity index (χ0v) is 9.72. The van der Waals surface area contributed by atoms with Crippen molar-refractivity contribution in [2.24, 2.45) is 5.92 Å². The fraction of sp³-hybridized carbons (Fsp3) is 1.00. The van der Waals surface area contributed by atoms with E-state index in [1.54, 1.807) is 7.11 Å². The van der Waals surface area contributed by atoms with Gasteiger partial charge in [-0.15, -0.1) is 0 Å². The highest BCUT2D eigenvalue weighted by Gasteiger charge is 2.22. The van der Waals surface area contributed by atoms with Gasteiger partial charge >= 0.3 is 0 Å². The largest absolute Gasteiger partial charge is 0.385 e. The van der Waals surface area contributed by atoms with Crippen molar-refractivity contribution in [1.82, 2.24) is 5.32 Å². The lowest BCUT2D eigenvalue weighted by molar-refractivity contribution is 0.192. The van der Waals surface area contributed by atoms with E-state index in [-0.39, 0.29) is 0 Å². The first-order valence-electron chi connectivity index (χ1n) is 6.05. The molecule has 2 heteroatoms. The molecule has 1 atom stereocenters. The van der Waals surface area contributed by atoms with E-state index >= 15 is 0 Å². The summed E-state index contributed by atoms with van der Waals surface area (Å²) in [5.41, 5.74) is 0. The topological polar surface area (TPSA) is 21.3 Å². The summed E-state index contributed by atoms with van der Waals surface area (Å²) in [5, 5.41) is 3.59. The third-order valence-corrected chi connectivity index (χ3v) is 2.90. The van der Waals surface area contributed by atoms with Crippen LogP contribution in [-0.4, -0.2) is 26.3 Å². The van der Waals surface area contributed by atoms with Crippen molar-refractivity contribution < 1.29 is 4.74 Å².